The van der Waals surface area contributed by atoms with Crippen molar-refractivity contribution in [3.05, 3.63) is 24.3 Å². The summed E-state index contributed by atoms with van der Waals surface area (Å²) in [7, 11) is 0.208. The molecule has 1 aromatic carbocycles. The van der Waals surface area contributed by atoms with Crippen molar-refractivity contribution in [3.63, 3.8) is 0 Å². The smallest absolute Gasteiger partial charge is 0.213 e. The average Bonchev–Trinajstić information content (AvgIpc) is 2.75. The van der Waals surface area contributed by atoms with E-state index in [9.17, 15) is 8.42 Å². The zero-order chi connectivity index (χ0) is 21.3. The zero-order valence-electron chi connectivity index (χ0n) is 18.5. The van der Waals surface area contributed by atoms with Gasteiger partial charge in [0, 0.05) is 52.9 Å². The normalized spacial score (nSPS) is 15.2. The molecule has 0 aliphatic carbocycles. The van der Waals surface area contributed by atoms with Crippen LogP contribution in [0.5, 0.6) is 5.75 Å². The van der Waals surface area contributed by atoms with Gasteiger partial charge in [-0.2, -0.15) is 0 Å². The molecule has 8 nitrogen and oxygen atoms in total. The van der Waals surface area contributed by atoms with Crippen LogP contribution in [0.3, 0.4) is 0 Å². The van der Waals surface area contributed by atoms with E-state index in [0.717, 1.165) is 50.1 Å². The van der Waals surface area contributed by atoms with Crippen molar-refractivity contribution >= 4 is 45.6 Å². The molecular formula is C20H36IN5O3S. The first-order valence-electron chi connectivity index (χ1n) is 10.3. The fourth-order valence-electron chi connectivity index (χ4n) is 3.31. The minimum atomic E-state index is -3.12. The van der Waals surface area contributed by atoms with Crippen molar-refractivity contribution in [1.82, 2.24) is 14.5 Å². The number of hydrogen-bond acceptors (Lipinski definition) is 5. The number of methoxy groups -OCH3 is 1. The SMILES string of the molecule is CCNC(=NCCCN(C)S(=O)(=O)CC)N1CCN(c2ccccc2OC)CC1.I. The van der Waals surface area contributed by atoms with Crippen molar-refractivity contribution in [2.24, 2.45) is 4.99 Å². The molecule has 1 saturated heterocycles. The number of sulfonamides is 1. The third-order valence-electron chi connectivity index (χ3n) is 5.07. The second-order valence-corrected chi connectivity index (χ2v) is 9.32. The molecule has 0 unspecified atom stereocenters. The molecule has 10 heteroatoms. The summed E-state index contributed by atoms with van der Waals surface area (Å²) in [5.41, 5.74) is 1.12. The Morgan fingerprint density at radius 2 is 1.87 bits per heavy atom. The molecule has 0 amide bonds. The predicted molar refractivity (Wildman–Crippen MR) is 135 cm³/mol. The van der Waals surface area contributed by atoms with E-state index in [2.05, 4.69) is 28.1 Å². The average molecular weight is 554 g/mol. The molecule has 1 aliphatic heterocycles. The molecular weight excluding hydrogens is 517 g/mol. The summed E-state index contributed by atoms with van der Waals surface area (Å²) < 4.78 is 30.6. The summed E-state index contributed by atoms with van der Waals surface area (Å²) in [5.74, 6) is 1.92. The highest BCUT2D eigenvalue weighted by Gasteiger charge is 2.21. The van der Waals surface area contributed by atoms with Gasteiger partial charge in [-0.15, -0.1) is 24.0 Å². The van der Waals surface area contributed by atoms with E-state index in [1.807, 2.05) is 18.2 Å². The molecule has 1 aromatic rings. The van der Waals surface area contributed by atoms with Gasteiger partial charge < -0.3 is 19.9 Å². The van der Waals surface area contributed by atoms with Gasteiger partial charge in [-0.1, -0.05) is 12.1 Å². The maximum absolute atomic E-state index is 11.8. The monoisotopic (exact) mass is 553 g/mol. The minimum Gasteiger partial charge on any atom is -0.495 e. The molecule has 1 aliphatic rings. The molecule has 1 fully saturated rings. The number of nitrogens with zero attached hydrogens (tertiary/aromatic N) is 4. The lowest BCUT2D eigenvalue weighted by Crippen LogP contribution is -2.52. The van der Waals surface area contributed by atoms with Gasteiger partial charge in [-0.05, 0) is 32.4 Å². The van der Waals surface area contributed by atoms with Gasteiger partial charge in [0.1, 0.15) is 5.75 Å². The Morgan fingerprint density at radius 3 is 2.47 bits per heavy atom. The van der Waals surface area contributed by atoms with Crippen LogP contribution >= 0.6 is 24.0 Å². The fourth-order valence-corrected chi connectivity index (χ4v) is 4.16. The maximum atomic E-state index is 11.8. The number of rotatable bonds is 9. The molecule has 0 saturated carbocycles. The number of para-hydroxylation sites is 2. The predicted octanol–water partition coefficient (Wildman–Crippen LogP) is 2.07. The quantitative estimate of drug-likeness (QED) is 0.219. The highest BCUT2D eigenvalue weighted by atomic mass is 127. The van der Waals surface area contributed by atoms with E-state index < -0.39 is 10.0 Å². The van der Waals surface area contributed by atoms with Gasteiger partial charge in [-0.25, -0.2) is 12.7 Å². The lowest BCUT2D eigenvalue weighted by Gasteiger charge is -2.38. The number of anilines is 1. The standard InChI is InChI=1S/C20H35N5O3S.HI/c1-5-21-20(22-12-9-13-23(3)29(26,27)6-2)25-16-14-24(15-17-25)18-10-7-8-11-19(18)28-4;/h7-8,10-11H,5-6,9,12-17H2,1-4H3,(H,21,22);1H. The van der Waals surface area contributed by atoms with Crippen molar-refractivity contribution in [1.29, 1.82) is 0 Å². The number of halogens is 1. The third-order valence-corrected chi connectivity index (χ3v) is 6.93. The van der Waals surface area contributed by atoms with Gasteiger partial charge >= 0.3 is 0 Å². The van der Waals surface area contributed by atoms with Crippen LogP contribution in [0.1, 0.15) is 20.3 Å². The van der Waals surface area contributed by atoms with Crippen molar-refractivity contribution in [3.8, 4) is 5.75 Å². The minimum absolute atomic E-state index is 0. The Kier molecular flexibility index (Phi) is 11.8. The number of hydrogen-bond donors (Lipinski definition) is 1. The van der Waals surface area contributed by atoms with Crippen LogP contribution < -0.4 is 15.0 Å². The van der Waals surface area contributed by atoms with Crippen LogP contribution in [0.2, 0.25) is 0 Å². The molecule has 30 heavy (non-hydrogen) atoms. The Morgan fingerprint density at radius 1 is 1.20 bits per heavy atom. The van der Waals surface area contributed by atoms with E-state index >= 15 is 0 Å². The molecule has 1 heterocycles. The summed E-state index contributed by atoms with van der Waals surface area (Å²) in [6.07, 6.45) is 0.700. The summed E-state index contributed by atoms with van der Waals surface area (Å²) in [6.45, 7) is 9.13. The van der Waals surface area contributed by atoms with Gasteiger partial charge in [0.15, 0.2) is 5.96 Å². The first-order chi connectivity index (χ1) is 13.9. The van der Waals surface area contributed by atoms with E-state index in [4.69, 9.17) is 9.73 Å². The van der Waals surface area contributed by atoms with E-state index in [1.54, 1.807) is 21.1 Å². The van der Waals surface area contributed by atoms with Crippen LogP contribution in [-0.4, -0.2) is 89.3 Å². The van der Waals surface area contributed by atoms with Crippen molar-refractivity contribution < 1.29 is 13.2 Å². The van der Waals surface area contributed by atoms with Gasteiger partial charge in [0.05, 0.1) is 18.6 Å². The number of ether oxygens (including phenoxy) is 1. The molecule has 0 bridgehead atoms. The zero-order valence-corrected chi connectivity index (χ0v) is 21.7. The van der Waals surface area contributed by atoms with Gasteiger partial charge in [0.25, 0.3) is 0 Å². The highest BCUT2D eigenvalue weighted by molar-refractivity contribution is 14.0. The van der Waals surface area contributed by atoms with Crippen LogP contribution in [0.25, 0.3) is 0 Å². The maximum Gasteiger partial charge on any atom is 0.213 e. The number of nitrogens with one attached hydrogen (secondary N) is 1. The third kappa shape index (κ3) is 7.45. The Labute approximate surface area is 198 Å². The van der Waals surface area contributed by atoms with E-state index in [1.165, 1.54) is 4.31 Å². The Hall–Kier alpha value is -1.27. The molecule has 0 aromatic heterocycles. The summed E-state index contributed by atoms with van der Waals surface area (Å²) >= 11 is 0. The van der Waals surface area contributed by atoms with Crippen LogP contribution in [-0.2, 0) is 10.0 Å². The highest BCUT2D eigenvalue weighted by Crippen LogP contribution is 2.28. The number of benzene rings is 1. The first-order valence-corrected chi connectivity index (χ1v) is 11.9. The van der Waals surface area contributed by atoms with Gasteiger partial charge in [0.2, 0.25) is 10.0 Å². The number of guanidine groups is 1. The molecule has 0 atom stereocenters. The molecule has 0 radical (unpaired) electrons. The topological polar surface area (TPSA) is 77.5 Å². The number of aliphatic imine (C=N–C) groups is 1. The molecule has 2 rings (SSSR count). The van der Waals surface area contributed by atoms with Crippen molar-refractivity contribution in [2.75, 3.05) is 70.6 Å². The molecule has 172 valence electrons. The van der Waals surface area contributed by atoms with Crippen LogP contribution in [0, 0.1) is 0 Å². The second kappa shape index (κ2) is 13.2. The molecule has 1 N–H and O–H groups in total. The van der Waals surface area contributed by atoms with Crippen LogP contribution in [0.15, 0.2) is 29.3 Å². The summed E-state index contributed by atoms with van der Waals surface area (Å²) in [4.78, 5) is 9.32. The fraction of sp³-hybridized carbons (Fsp3) is 0.650. The summed E-state index contributed by atoms with van der Waals surface area (Å²) in [6, 6.07) is 8.10. The van der Waals surface area contributed by atoms with Crippen LogP contribution in [0.4, 0.5) is 5.69 Å². The number of piperazine rings is 1. The molecule has 0 spiro atoms. The first kappa shape index (κ1) is 26.8. The summed E-state index contributed by atoms with van der Waals surface area (Å²) in [5, 5.41) is 3.36. The Balaban J connectivity index is 0.00000450. The van der Waals surface area contributed by atoms with E-state index in [-0.39, 0.29) is 29.7 Å². The second-order valence-electron chi connectivity index (χ2n) is 6.96. The largest absolute Gasteiger partial charge is 0.495 e. The lowest BCUT2D eigenvalue weighted by atomic mass is 10.2. The Bertz CT molecular complexity index is 767. The lowest BCUT2D eigenvalue weighted by molar-refractivity contribution is 0.366. The van der Waals surface area contributed by atoms with E-state index in [0.29, 0.717) is 19.5 Å². The van der Waals surface area contributed by atoms with Gasteiger partial charge in [-0.3, -0.25) is 4.99 Å². The van der Waals surface area contributed by atoms with Crippen molar-refractivity contribution in [2.45, 2.75) is 20.3 Å².